The predicted molar refractivity (Wildman–Crippen MR) is 73.0 cm³/mol. The Morgan fingerprint density at radius 3 is 2.90 bits per heavy atom. The third-order valence-corrected chi connectivity index (χ3v) is 3.90. The molecule has 2 aromatic rings. The van der Waals surface area contributed by atoms with Crippen LogP contribution in [0.3, 0.4) is 0 Å². The van der Waals surface area contributed by atoms with Crippen LogP contribution < -0.4 is 4.72 Å². The van der Waals surface area contributed by atoms with E-state index in [9.17, 15) is 12.8 Å². The molecule has 21 heavy (non-hydrogen) atoms. The van der Waals surface area contributed by atoms with Gasteiger partial charge >= 0.3 is 0 Å². The van der Waals surface area contributed by atoms with Gasteiger partial charge in [0.25, 0.3) is 10.0 Å². The summed E-state index contributed by atoms with van der Waals surface area (Å²) in [5, 5.41) is 8.52. The van der Waals surface area contributed by atoms with Gasteiger partial charge in [-0.15, -0.1) is 0 Å². The lowest BCUT2D eigenvalue weighted by Gasteiger charge is -2.06. The highest BCUT2D eigenvalue weighted by atomic mass is 32.2. The summed E-state index contributed by atoms with van der Waals surface area (Å²) in [6.07, 6.45) is 2.39. The number of aliphatic hydroxyl groups is 1. The molecule has 0 saturated carbocycles. The van der Waals surface area contributed by atoms with Crippen LogP contribution >= 0.6 is 0 Å². The number of nitrogens with one attached hydrogen (secondary N) is 2. The number of benzene rings is 1. The van der Waals surface area contributed by atoms with Gasteiger partial charge in [-0.3, -0.25) is 0 Å². The van der Waals surface area contributed by atoms with Crippen molar-refractivity contribution in [1.29, 1.82) is 0 Å². The van der Waals surface area contributed by atoms with Crippen molar-refractivity contribution in [2.24, 2.45) is 0 Å². The Hall–Kier alpha value is -2.21. The number of aromatic amines is 1. The van der Waals surface area contributed by atoms with Gasteiger partial charge in [-0.05, 0) is 18.2 Å². The lowest BCUT2D eigenvalue weighted by molar-refractivity contribution is 0.350. The zero-order valence-corrected chi connectivity index (χ0v) is 11.6. The molecule has 0 atom stereocenters. The highest BCUT2D eigenvalue weighted by Gasteiger charge is 2.16. The van der Waals surface area contributed by atoms with E-state index in [-0.39, 0.29) is 23.7 Å². The van der Waals surface area contributed by atoms with Crippen molar-refractivity contribution in [2.75, 3.05) is 6.61 Å². The normalized spacial score (nSPS) is 11.0. The summed E-state index contributed by atoms with van der Waals surface area (Å²) in [5.74, 6) is 4.52. The lowest BCUT2D eigenvalue weighted by Crippen LogP contribution is -2.24. The topological polar surface area (TPSA) is 95.1 Å². The quantitative estimate of drug-likeness (QED) is 0.711. The summed E-state index contributed by atoms with van der Waals surface area (Å²) in [6, 6.07) is 4.07. The molecule has 1 aromatic carbocycles. The summed E-state index contributed by atoms with van der Waals surface area (Å²) in [6.45, 7) is -0.527. The molecule has 1 heterocycles. The molecule has 3 N–H and O–H groups in total. The highest BCUT2D eigenvalue weighted by molar-refractivity contribution is 7.89. The van der Waals surface area contributed by atoms with Crippen molar-refractivity contribution in [3.8, 4) is 11.8 Å². The molecule has 2 rings (SSSR count). The fourth-order valence-corrected chi connectivity index (χ4v) is 2.48. The predicted octanol–water partition coefficient (Wildman–Crippen LogP) is 0.371. The lowest BCUT2D eigenvalue weighted by atomic mass is 10.1. The van der Waals surface area contributed by atoms with E-state index < -0.39 is 15.8 Å². The first-order valence-electron chi connectivity index (χ1n) is 5.89. The molecule has 1 aromatic heterocycles. The summed E-state index contributed by atoms with van der Waals surface area (Å²) in [4.78, 5) is 6.08. The van der Waals surface area contributed by atoms with Crippen molar-refractivity contribution >= 4 is 10.0 Å². The summed E-state index contributed by atoms with van der Waals surface area (Å²) >= 11 is 0. The van der Waals surface area contributed by atoms with Gasteiger partial charge in [-0.1, -0.05) is 11.8 Å². The monoisotopic (exact) mass is 309 g/mol. The fourth-order valence-electron chi connectivity index (χ4n) is 1.57. The average molecular weight is 309 g/mol. The van der Waals surface area contributed by atoms with Gasteiger partial charge in [0.05, 0.1) is 12.5 Å². The number of aromatic nitrogens is 2. The molecule has 0 amide bonds. The Kier molecular flexibility index (Phi) is 4.70. The van der Waals surface area contributed by atoms with Crippen molar-refractivity contribution < 1.29 is 17.9 Å². The van der Waals surface area contributed by atoms with Crippen LogP contribution in [0.25, 0.3) is 0 Å². The molecule has 6 nitrogen and oxygen atoms in total. The Bertz CT molecular complexity index is 777. The number of nitrogens with zero attached hydrogens (tertiary/aromatic N) is 1. The minimum absolute atomic E-state index is 0.0980. The van der Waals surface area contributed by atoms with Gasteiger partial charge in [-0.25, -0.2) is 22.5 Å². The number of H-pyrrole nitrogens is 1. The standard InChI is InChI=1S/C13H12FN3O3S/c14-12-4-3-10(2-1-5-18)6-11(12)7-17-21(19,20)13-8-15-9-16-13/h3-4,6,8-9,17-18H,5,7H2,(H,15,16). The first-order valence-corrected chi connectivity index (χ1v) is 7.37. The van der Waals surface area contributed by atoms with E-state index in [0.29, 0.717) is 5.56 Å². The van der Waals surface area contributed by atoms with E-state index >= 15 is 0 Å². The third-order valence-electron chi connectivity index (χ3n) is 2.57. The first kappa shape index (κ1) is 15.2. The summed E-state index contributed by atoms with van der Waals surface area (Å²) in [7, 11) is -3.77. The largest absolute Gasteiger partial charge is 0.384 e. The van der Waals surface area contributed by atoms with Gasteiger partial charge in [-0.2, -0.15) is 0 Å². The van der Waals surface area contributed by atoms with E-state index in [1.807, 2.05) is 0 Å². The van der Waals surface area contributed by atoms with Crippen molar-refractivity contribution in [1.82, 2.24) is 14.7 Å². The molecule has 8 heteroatoms. The number of aliphatic hydroxyl groups excluding tert-OH is 1. The fraction of sp³-hybridized carbons (Fsp3) is 0.154. The van der Waals surface area contributed by atoms with Crippen LogP contribution in [0.4, 0.5) is 4.39 Å². The highest BCUT2D eigenvalue weighted by Crippen LogP contribution is 2.11. The third kappa shape index (κ3) is 3.88. The van der Waals surface area contributed by atoms with Crippen LogP contribution in [0, 0.1) is 17.7 Å². The van der Waals surface area contributed by atoms with Crippen LogP contribution in [0.2, 0.25) is 0 Å². The second-order valence-corrected chi connectivity index (χ2v) is 5.74. The van der Waals surface area contributed by atoms with Crippen LogP contribution in [0.5, 0.6) is 0 Å². The second-order valence-electron chi connectivity index (χ2n) is 4.01. The maximum Gasteiger partial charge on any atom is 0.257 e. The number of imidazole rings is 1. The van der Waals surface area contributed by atoms with Gasteiger partial charge in [0.1, 0.15) is 12.4 Å². The number of sulfonamides is 1. The molecule has 0 unspecified atom stereocenters. The molecule has 0 bridgehead atoms. The van der Waals surface area contributed by atoms with Crippen LogP contribution in [0.1, 0.15) is 11.1 Å². The molecule has 0 aliphatic rings. The molecular formula is C13H12FN3O3S. The molecule has 0 spiro atoms. The van der Waals surface area contributed by atoms with Gasteiger partial charge in [0, 0.05) is 17.7 Å². The van der Waals surface area contributed by atoms with Crippen molar-refractivity contribution in [2.45, 2.75) is 11.6 Å². The van der Waals surface area contributed by atoms with Gasteiger partial charge in [0.2, 0.25) is 0 Å². The first-order chi connectivity index (χ1) is 10.0. The Labute approximate surface area is 121 Å². The number of hydrogen-bond acceptors (Lipinski definition) is 4. The van der Waals surface area contributed by atoms with Crippen molar-refractivity contribution in [3.63, 3.8) is 0 Å². The molecule has 0 saturated heterocycles. The Balaban J connectivity index is 2.16. The van der Waals surface area contributed by atoms with Crippen molar-refractivity contribution in [3.05, 3.63) is 47.7 Å². The van der Waals surface area contributed by atoms with Gasteiger partial charge < -0.3 is 10.1 Å². The smallest absolute Gasteiger partial charge is 0.257 e. The average Bonchev–Trinajstić information content (AvgIpc) is 3.00. The molecular weight excluding hydrogens is 297 g/mol. The zero-order valence-electron chi connectivity index (χ0n) is 10.8. The van der Waals surface area contributed by atoms with E-state index in [4.69, 9.17) is 5.11 Å². The van der Waals surface area contributed by atoms with E-state index in [2.05, 4.69) is 26.5 Å². The van der Waals surface area contributed by atoms with Crippen LogP contribution in [0.15, 0.2) is 35.7 Å². The number of rotatable bonds is 4. The minimum Gasteiger partial charge on any atom is -0.384 e. The van der Waals surface area contributed by atoms with E-state index in [1.54, 1.807) is 0 Å². The minimum atomic E-state index is -3.77. The maximum atomic E-state index is 13.7. The van der Waals surface area contributed by atoms with Crippen LogP contribution in [-0.2, 0) is 16.6 Å². The number of hydrogen-bond donors (Lipinski definition) is 3. The van der Waals surface area contributed by atoms with Gasteiger partial charge in [0.15, 0.2) is 5.03 Å². The SMILES string of the molecule is O=S(=O)(NCc1cc(C#CCO)ccc1F)c1cnc[nH]1. The zero-order chi connectivity index (χ0) is 15.3. The molecule has 0 aliphatic carbocycles. The Morgan fingerprint density at radius 2 is 2.24 bits per heavy atom. The second kappa shape index (κ2) is 6.49. The number of halogens is 1. The molecule has 110 valence electrons. The van der Waals surface area contributed by atoms with E-state index in [0.717, 1.165) is 6.20 Å². The molecule has 0 fully saturated rings. The molecule has 0 aliphatic heterocycles. The summed E-state index contributed by atoms with van der Waals surface area (Å²) < 4.78 is 39.7. The van der Waals surface area contributed by atoms with E-state index in [1.165, 1.54) is 24.5 Å². The maximum absolute atomic E-state index is 13.7. The summed E-state index contributed by atoms with van der Waals surface area (Å²) in [5.41, 5.74) is 0.643. The molecule has 0 radical (unpaired) electrons. The van der Waals surface area contributed by atoms with Crippen LogP contribution in [-0.4, -0.2) is 30.1 Å². The Morgan fingerprint density at radius 1 is 1.43 bits per heavy atom.